The summed E-state index contributed by atoms with van der Waals surface area (Å²) >= 11 is 5.53. The first-order valence-electron chi connectivity index (χ1n) is 9.27. The van der Waals surface area contributed by atoms with Crippen LogP contribution in [0, 0.1) is 0 Å². The van der Waals surface area contributed by atoms with E-state index in [2.05, 4.69) is 72.3 Å². The van der Waals surface area contributed by atoms with Crippen LogP contribution >= 0.6 is 12.2 Å². The van der Waals surface area contributed by atoms with Crippen LogP contribution < -0.4 is 10.6 Å². The van der Waals surface area contributed by atoms with E-state index in [1.165, 1.54) is 19.3 Å². The summed E-state index contributed by atoms with van der Waals surface area (Å²) in [6.45, 7) is 8.35. The van der Waals surface area contributed by atoms with Crippen LogP contribution in [0.2, 0.25) is 0 Å². The van der Waals surface area contributed by atoms with Gasteiger partial charge in [0.15, 0.2) is 5.11 Å². The van der Waals surface area contributed by atoms with E-state index in [0.29, 0.717) is 23.1 Å². The van der Waals surface area contributed by atoms with Crippen molar-refractivity contribution in [2.75, 3.05) is 19.4 Å². The van der Waals surface area contributed by atoms with E-state index in [9.17, 15) is 0 Å². The van der Waals surface area contributed by atoms with Crippen molar-refractivity contribution in [3.8, 4) is 0 Å². The monoisotopic (exact) mass is 364 g/mol. The lowest BCUT2D eigenvalue weighted by atomic mass is 9.90. The summed E-state index contributed by atoms with van der Waals surface area (Å²) in [6, 6.07) is 0.865. The number of nitrogens with one attached hydrogen (secondary N) is 2. The number of hydrogen-bond acceptors (Lipinski definition) is 5. The maximum absolute atomic E-state index is 5.53. The van der Waals surface area contributed by atoms with Gasteiger partial charge < -0.3 is 15.5 Å². The fraction of sp³-hybridized carbons (Fsp3) is 0.778. The topological polar surface area (TPSA) is 66.0 Å². The molecular weight excluding hydrogens is 332 g/mol. The molecule has 1 aliphatic rings. The van der Waals surface area contributed by atoms with Crippen LogP contribution in [0.15, 0.2) is 0 Å². The number of nitrogens with zero attached hydrogens (tertiary/aromatic N) is 4. The Hall–Kier alpha value is -1.34. The van der Waals surface area contributed by atoms with Crippen molar-refractivity contribution < 1.29 is 0 Å². The molecule has 2 rings (SSSR count). The molecule has 6 nitrogen and oxygen atoms in total. The minimum Gasteiger partial charge on any atom is -0.358 e. The fourth-order valence-corrected chi connectivity index (χ4v) is 3.43. The Morgan fingerprint density at radius 2 is 1.56 bits per heavy atom. The highest BCUT2D eigenvalue weighted by molar-refractivity contribution is 7.80. The van der Waals surface area contributed by atoms with Gasteiger partial charge in [-0.25, -0.2) is 4.98 Å². The molecule has 0 saturated heterocycles. The third kappa shape index (κ3) is 5.57. The van der Waals surface area contributed by atoms with E-state index in [1.807, 2.05) is 0 Å². The maximum atomic E-state index is 5.53. The molecule has 1 fully saturated rings. The Kier molecular flexibility index (Phi) is 7.07. The molecule has 1 heterocycles. The molecule has 0 aromatic carbocycles. The van der Waals surface area contributed by atoms with E-state index in [4.69, 9.17) is 12.2 Å². The molecule has 0 spiro atoms. The molecule has 0 unspecified atom stereocenters. The molecule has 1 aromatic rings. The first-order valence-corrected chi connectivity index (χ1v) is 9.68. The Morgan fingerprint density at radius 3 is 2.08 bits per heavy atom. The molecule has 0 bridgehead atoms. The Bertz CT molecular complexity index is 561. The minimum absolute atomic E-state index is 0.249. The van der Waals surface area contributed by atoms with Crippen LogP contribution in [-0.4, -0.2) is 51.1 Å². The molecule has 140 valence electrons. The molecule has 0 aliphatic heterocycles. The lowest BCUT2D eigenvalue weighted by Crippen LogP contribution is -2.52. The first kappa shape index (κ1) is 20.0. The van der Waals surface area contributed by atoms with Crippen LogP contribution in [0.25, 0.3) is 0 Å². The molecule has 0 amide bonds. The average Bonchev–Trinajstić information content (AvgIpc) is 2.54. The van der Waals surface area contributed by atoms with E-state index in [1.54, 1.807) is 0 Å². The minimum atomic E-state index is 0.249. The maximum Gasteiger partial charge on any atom is 0.232 e. The standard InChI is InChI=1S/C18H32N6S/c1-11(2)15-20-16(12(3)4)22-17(21-15)23-18(25)19-13-9-7-8-10-14(13)24(5)6/h11-14H,7-10H2,1-6H3,(H2,19,20,21,22,23,25)/t13-,14-/m0/s1. The Labute approximate surface area is 157 Å². The zero-order chi connectivity index (χ0) is 18.6. The summed E-state index contributed by atoms with van der Waals surface area (Å²) in [4.78, 5) is 15.9. The van der Waals surface area contributed by atoms with E-state index in [-0.39, 0.29) is 11.8 Å². The predicted octanol–water partition coefficient (Wildman–Crippen LogP) is 3.28. The molecule has 25 heavy (non-hydrogen) atoms. The van der Waals surface area contributed by atoms with Gasteiger partial charge in [0.05, 0.1) is 0 Å². The molecule has 1 aromatic heterocycles. The largest absolute Gasteiger partial charge is 0.358 e. The van der Waals surface area contributed by atoms with Crippen molar-refractivity contribution in [1.82, 2.24) is 25.2 Å². The molecule has 1 saturated carbocycles. The van der Waals surface area contributed by atoms with Gasteiger partial charge in [-0.05, 0) is 39.2 Å². The molecule has 7 heteroatoms. The molecule has 1 aliphatic carbocycles. The van der Waals surface area contributed by atoms with Crippen molar-refractivity contribution in [3.63, 3.8) is 0 Å². The number of likely N-dealkylation sites (N-methyl/N-ethyl adjacent to an activating group) is 1. The summed E-state index contributed by atoms with van der Waals surface area (Å²) in [5, 5.41) is 7.25. The van der Waals surface area contributed by atoms with Gasteiger partial charge >= 0.3 is 0 Å². The second-order valence-corrected chi connectivity index (χ2v) is 8.11. The van der Waals surface area contributed by atoms with Crippen LogP contribution in [0.4, 0.5) is 5.95 Å². The molecule has 2 atom stereocenters. The van der Waals surface area contributed by atoms with Crippen molar-refractivity contribution >= 4 is 23.3 Å². The Balaban J connectivity index is 2.09. The number of thiocarbonyl (C=S) groups is 1. The first-order chi connectivity index (χ1) is 11.8. The van der Waals surface area contributed by atoms with Gasteiger partial charge in [-0.1, -0.05) is 40.5 Å². The highest BCUT2D eigenvalue weighted by Gasteiger charge is 2.27. The van der Waals surface area contributed by atoms with Gasteiger partial charge in [0.2, 0.25) is 5.95 Å². The number of anilines is 1. The summed E-state index contributed by atoms with van der Waals surface area (Å²) in [5.74, 6) is 2.64. The Morgan fingerprint density at radius 1 is 1.00 bits per heavy atom. The van der Waals surface area contributed by atoms with Crippen LogP contribution in [0.5, 0.6) is 0 Å². The van der Waals surface area contributed by atoms with Gasteiger partial charge in [0.1, 0.15) is 11.6 Å². The summed E-state index contributed by atoms with van der Waals surface area (Å²) < 4.78 is 0. The molecule has 0 radical (unpaired) electrons. The fourth-order valence-electron chi connectivity index (χ4n) is 3.19. The van der Waals surface area contributed by atoms with E-state index < -0.39 is 0 Å². The number of hydrogen-bond donors (Lipinski definition) is 2. The van der Waals surface area contributed by atoms with Crippen molar-refractivity contribution in [2.24, 2.45) is 0 Å². The van der Waals surface area contributed by atoms with Crippen LogP contribution in [0.3, 0.4) is 0 Å². The summed E-state index contributed by atoms with van der Waals surface area (Å²) in [5.41, 5.74) is 0. The zero-order valence-electron chi connectivity index (χ0n) is 16.3. The van der Waals surface area contributed by atoms with Crippen molar-refractivity contribution in [1.29, 1.82) is 0 Å². The SMILES string of the molecule is CC(C)c1nc(NC(=S)N[C@H]2CCCC[C@@H]2N(C)C)nc(C(C)C)n1. The second kappa shape index (κ2) is 8.85. The van der Waals surface area contributed by atoms with Gasteiger partial charge in [-0.3, -0.25) is 0 Å². The highest BCUT2D eigenvalue weighted by atomic mass is 32.1. The van der Waals surface area contributed by atoms with Gasteiger partial charge in [0.25, 0.3) is 0 Å². The van der Waals surface area contributed by atoms with Crippen molar-refractivity contribution in [3.05, 3.63) is 11.6 Å². The summed E-state index contributed by atoms with van der Waals surface area (Å²) in [7, 11) is 4.27. The van der Waals surface area contributed by atoms with Crippen molar-refractivity contribution in [2.45, 2.75) is 77.3 Å². The quantitative estimate of drug-likeness (QED) is 0.777. The van der Waals surface area contributed by atoms with Gasteiger partial charge in [-0.2, -0.15) is 9.97 Å². The third-order valence-electron chi connectivity index (χ3n) is 4.64. The number of rotatable bonds is 5. The van der Waals surface area contributed by atoms with Crippen LogP contribution in [-0.2, 0) is 0 Å². The van der Waals surface area contributed by atoms with Crippen LogP contribution in [0.1, 0.15) is 76.9 Å². The van der Waals surface area contributed by atoms with Gasteiger partial charge in [-0.15, -0.1) is 0 Å². The lowest BCUT2D eigenvalue weighted by Gasteiger charge is -2.37. The molecule has 2 N–H and O–H groups in total. The predicted molar refractivity (Wildman–Crippen MR) is 107 cm³/mol. The zero-order valence-corrected chi connectivity index (χ0v) is 17.2. The third-order valence-corrected chi connectivity index (χ3v) is 4.86. The average molecular weight is 365 g/mol. The highest BCUT2D eigenvalue weighted by Crippen LogP contribution is 2.22. The normalized spacial score (nSPS) is 21.0. The van der Waals surface area contributed by atoms with Gasteiger partial charge in [0, 0.05) is 23.9 Å². The summed E-state index contributed by atoms with van der Waals surface area (Å²) in [6.07, 6.45) is 4.86. The lowest BCUT2D eigenvalue weighted by molar-refractivity contribution is 0.190. The second-order valence-electron chi connectivity index (χ2n) is 7.71. The number of aromatic nitrogens is 3. The van der Waals surface area contributed by atoms with E-state index >= 15 is 0 Å². The smallest absolute Gasteiger partial charge is 0.232 e. The van der Waals surface area contributed by atoms with E-state index in [0.717, 1.165) is 18.1 Å². The molecular formula is C18H32N6S.